The summed E-state index contributed by atoms with van der Waals surface area (Å²) in [5.74, 6) is 0. The summed E-state index contributed by atoms with van der Waals surface area (Å²) in [5, 5.41) is 3.58. The third-order valence-electron chi connectivity index (χ3n) is 1.19. The second-order valence-electron chi connectivity index (χ2n) is 2.02. The van der Waals surface area contributed by atoms with E-state index in [0.29, 0.717) is 4.62 Å². The van der Waals surface area contributed by atoms with Crippen molar-refractivity contribution in [2.24, 2.45) is 5.16 Å². The Bertz CT molecular complexity index is 329. The molecule has 0 spiro atoms. The molecule has 0 aliphatic rings. The van der Waals surface area contributed by atoms with Crippen LogP contribution < -0.4 is 0 Å². The minimum absolute atomic E-state index is 0.501. The van der Waals surface area contributed by atoms with Gasteiger partial charge >= 0.3 is 9.51 Å². The van der Waals surface area contributed by atoms with Gasteiger partial charge in [0.1, 0.15) is 0 Å². The number of nitrogens with zero attached hydrogens (tertiary/aromatic N) is 1. The van der Waals surface area contributed by atoms with Gasteiger partial charge in [-0.15, -0.1) is 0 Å². The van der Waals surface area contributed by atoms with E-state index in [1.807, 2.05) is 30.3 Å². The van der Waals surface area contributed by atoms with Gasteiger partial charge in [-0.3, -0.25) is 4.28 Å². The summed E-state index contributed by atoms with van der Waals surface area (Å²) in [6.45, 7) is 0. The van der Waals surface area contributed by atoms with Crippen molar-refractivity contribution in [3.8, 4) is 0 Å². The predicted molar refractivity (Wildman–Crippen MR) is 60.1 cm³/mol. The van der Waals surface area contributed by atoms with E-state index >= 15 is 0 Å². The number of hydrogen-bond acceptors (Lipinski definition) is 3. The molecule has 1 rings (SSSR count). The highest BCUT2D eigenvalue weighted by molar-refractivity contribution is 9.45. The monoisotopic (exact) mass is 325 g/mol. The fourth-order valence-corrected chi connectivity index (χ4v) is 1.43. The van der Waals surface area contributed by atoms with Crippen LogP contribution in [0.15, 0.2) is 35.5 Å². The topological polar surface area (TPSA) is 38.7 Å². The molecule has 1 aromatic rings. The van der Waals surface area contributed by atoms with Crippen LogP contribution in [0.1, 0.15) is 5.56 Å². The van der Waals surface area contributed by atoms with E-state index in [-0.39, 0.29) is 0 Å². The van der Waals surface area contributed by atoms with Gasteiger partial charge in [-0.1, -0.05) is 35.5 Å². The molecule has 0 saturated carbocycles. The molecule has 0 heterocycles. The van der Waals surface area contributed by atoms with Crippen LogP contribution in [0.5, 0.6) is 0 Å². The third-order valence-corrected chi connectivity index (χ3v) is 2.34. The van der Waals surface area contributed by atoms with E-state index in [1.54, 1.807) is 0 Å². The minimum Gasteiger partial charge on any atom is -0.279 e. The van der Waals surface area contributed by atoms with Gasteiger partial charge in [-0.2, -0.15) is 0 Å². The van der Waals surface area contributed by atoms with E-state index in [1.165, 1.54) is 0 Å². The van der Waals surface area contributed by atoms with E-state index < -0.39 is 9.51 Å². The summed E-state index contributed by atoms with van der Waals surface area (Å²) in [5.41, 5.74) is 0.862. The van der Waals surface area contributed by atoms with Crippen LogP contribution in [0.2, 0.25) is 0 Å². The second-order valence-corrected chi connectivity index (χ2v) is 4.89. The molecule has 0 aliphatic heterocycles. The fraction of sp³-hybridized carbons (Fsp3) is 0. The fourth-order valence-electron chi connectivity index (χ4n) is 0.690. The Hall–Kier alpha value is -0.200. The molecule has 13 heavy (non-hydrogen) atoms. The Morgan fingerprint density at radius 2 is 2.00 bits per heavy atom. The first-order chi connectivity index (χ1) is 6.20. The van der Waals surface area contributed by atoms with Crippen LogP contribution in [0.25, 0.3) is 0 Å². The van der Waals surface area contributed by atoms with Gasteiger partial charge < -0.3 is 0 Å². The lowest BCUT2D eigenvalue weighted by Gasteiger charge is -1.95. The minimum atomic E-state index is -1.56. The van der Waals surface area contributed by atoms with Crippen molar-refractivity contribution in [1.29, 1.82) is 0 Å². The normalized spacial score (nSPS) is 13.8. The average Bonchev–Trinajstić information content (AvgIpc) is 2.15. The summed E-state index contributed by atoms with van der Waals surface area (Å²) in [4.78, 5) is 0. The van der Waals surface area contributed by atoms with Crippen molar-refractivity contribution in [2.75, 3.05) is 0 Å². The predicted octanol–water partition coefficient (Wildman–Crippen LogP) is 2.73. The highest BCUT2D eigenvalue weighted by Gasteiger charge is 1.99. The highest BCUT2D eigenvalue weighted by Crippen LogP contribution is 2.08. The van der Waals surface area contributed by atoms with Gasteiger partial charge in [0.15, 0.2) is 4.62 Å². The summed E-state index contributed by atoms with van der Waals surface area (Å²) >= 11 is 5.88. The van der Waals surface area contributed by atoms with Gasteiger partial charge in [0, 0.05) is 5.56 Å². The standard InChI is InChI=1S/C7H5Br2NO2S/c8-7(10-12-13(9)11)6-4-2-1-3-5-6/h1-5H/b10-7-. The molecule has 1 unspecified atom stereocenters. The lowest BCUT2D eigenvalue weighted by atomic mass is 10.2. The number of oxime groups is 1. The largest absolute Gasteiger partial charge is 0.301 e. The SMILES string of the molecule is O=S(Br)O/N=C(\Br)c1ccccc1. The Morgan fingerprint density at radius 3 is 2.54 bits per heavy atom. The first-order valence-corrected chi connectivity index (χ1v) is 6.95. The van der Waals surface area contributed by atoms with Crippen molar-refractivity contribution in [3.63, 3.8) is 0 Å². The second kappa shape index (κ2) is 5.51. The molecule has 0 radical (unpaired) electrons. The maximum Gasteiger partial charge on any atom is 0.301 e. The Morgan fingerprint density at radius 1 is 1.38 bits per heavy atom. The highest BCUT2D eigenvalue weighted by atomic mass is 79.9. The van der Waals surface area contributed by atoms with E-state index in [4.69, 9.17) is 0 Å². The summed E-state index contributed by atoms with van der Waals surface area (Å²) in [7, 11) is -1.56. The van der Waals surface area contributed by atoms with Gasteiger partial charge in [0.2, 0.25) is 0 Å². The first-order valence-electron chi connectivity index (χ1n) is 3.24. The quantitative estimate of drug-likeness (QED) is 0.486. The molecular weight excluding hydrogens is 322 g/mol. The van der Waals surface area contributed by atoms with Crippen LogP contribution in [0.3, 0.4) is 0 Å². The van der Waals surface area contributed by atoms with E-state index in [9.17, 15) is 4.21 Å². The number of hydrogen-bond donors (Lipinski definition) is 0. The maximum absolute atomic E-state index is 10.5. The molecule has 0 fully saturated rings. The van der Waals surface area contributed by atoms with Crippen molar-refractivity contribution in [3.05, 3.63) is 35.9 Å². The Balaban J connectivity index is 2.73. The third kappa shape index (κ3) is 4.02. The zero-order valence-electron chi connectivity index (χ0n) is 6.31. The van der Waals surface area contributed by atoms with Crippen LogP contribution in [0, 0.1) is 0 Å². The molecular formula is C7H5Br2NO2S. The van der Waals surface area contributed by atoms with Crippen molar-refractivity contribution < 1.29 is 8.49 Å². The smallest absolute Gasteiger partial charge is 0.279 e. The number of halogens is 2. The van der Waals surface area contributed by atoms with Gasteiger partial charge in [0.05, 0.1) is 14.8 Å². The van der Waals surface area contributed by atoms with E-state index in [2.05, 4.69) is 40.2 Å². The number of rotatable bonds is 3. The molecule has 1 atom stereocenters. The summed E-state index contributed by atoms with van der Waals surface area (Å²) < 4.78 is 15.4. The van der Waals surface area contributed by atoms with Crippen molar-refractivity contribution in [2.45, 2.75) is 0 Å². The zero-order valence-corrected chi connectivity index (χ0v) is 10.3. The molecule has 0 bridgehead atoms. The maximum atomic E-state index is 10.5. The Labute approximate surface area is 94.2 Å². The molecule has 0 N–H and O–H groups in total. The van der Waals surface area contributed by atoms with Crippen LogP contribution in [-0.2, 0) is 13.8 Å². The summed E-state index contributed by atoms with van der Waals surface area (Å²) in [6, 6.07) is 9.35. The molecule has 70 valence electrons. The average molecular weight is 327 g/mol. The van der Waals surface area contributed by atoms with Crippen LogP contribution in [0.4, 0.5) is 0 Å². The van der Waals surface area contributed by atoms with Crippen LogP contribution in [-0.4, -0.2) is 8.83 Å². The number of benzene rings is 1. The molecule has 0 amide bonds. The molecule has 6 heteroatoms. The Kier molecular flexibility index (Phi) is 4.61. The lowest BCUT2D eigenvalue weighted by molar-refractivity contribution is 0.386. The molecule has 0 saturated heterocycles. The van der Waals surface area contributed by atoms with Crippen LogP contribution >= 0.6 is 30.7 Å². The molecule has 0 aliphatic carbocycles. The molecule has 0 aromatic heterocycles. The first kappa shape index (κ1) is 10.9. The van der Waals surface area contributed by atoms with Gasteiger partial charge in [-0.05, 0) is 15.9 Å². The molecule has 3 nitrogen and oxygen atoms in total. The van der Waals surface area contributed by atoms with Crippen molar-refractivity contribution >= 4 is 44.9 Å². The van der Waals surface area contributed by atoms with Crippen molar-refractivity contribution in [1.82, 2.24) is 0 Å². The lowest BCUT2D eigenvalue weighted by Crippen LogP contribution is -1.91. The van der Waals surface area contributed by atoms with Gasteiger partial charge in [0.25, 0.3) is 0 Å². The molecule has 1 aromatic carbocycles. The van der Waals surface area contributed by atoms with E-state index in [0.717, 1.165) is 5.56 Å². The zero-order chi connectivity index (χ0) is 9.68. The summed E-state index contributed by atoms with van der Waals surface area (Å²) in [6.07, 6.45) is 0. The van der Waals surface area contributed by atoms with Gasteiger partial charge in [-0.25, -0.2) is 4.21 Å².